The molecule has 0 atom stereocenters. The summed E-state index contributed by atoms with van der Waals surface area (Å²) in [6.07, 6.45) is 0. The van der Waals surface area contributed by atoms with E-state index < -0.39 is 18.5 Å². The summed E-state index contributed by atoms with van der Waals surface area (Å²) < 4.78 is 9.60. The lowest BCUT2D eigenvalue weighted by Crippen LogP contribution is -2.09. The smallest absolute Gasteiger partial charge is 0.384 e. The number of esters is 1. The fourth-order valence-corrected chi connectivity index (χ4v) is 1.07. The molecule has 0 aliphatic rings. The fourth-order valence-electron chi connectivity index (χ4n) is 1.07. The lowest BCUT2D eigenvalue weighted by molar-refractivity contribution is -0.139. The van der Waals surface area contributed by atoms with Crippen LogP contribution < -0.4 is 4.74 Å². The summed E-state index contributed by atoms with van der Waals surface area (Å²) in [6.45, 7) is 1.59. The largest absolute Gasteiger partial charge is 0.482 e. The van der Waals surface area contributed by atoms with Gasteiger partial charge in [-0.15, -0.1) is 0 Å². The second-order valence-electron chi connectivity index (χ2n) is 3.18. The Kier molecular flexibility index (Phi) is 5.26. The Hall–Kier alpha value is -2.48. The first-order valence-corrected chi connectivity index (χ1v) is 5.25. The van der Waals surface area contributed by atoms with Crippen molar-refractivity contribution >= 4 is 11.9 Å². The minimum Gasteiger partial charge on any atom is -0.482 e. The third-order valence-electron chi connectivity index (χ3n) is 1.80. The minimum absolute atomic E-state index is 0.287. The number of carboxylic acid groups (broad SMARTS) is 1. The third kappa shape index (κ3) is 5.03. The van der Waals surface area contributed by atoms with Crippen molar-refractivity contribution in [3.05, 3.63) is 29.8 Å². The van der Waals surface area contributed by atoms with Gasteiger partial charge in [-0.05, 0) is 31.2 Å². The molecule has 0 radical (unpaired) electrons. The van der Waals surface area contributed by atoms with E-state index in [-0.39, 0.29) is 6.61 Å². The van der Waals surface area contributed by atoms with Crippen molar-refractivity contribution in [2.24, 2.45) is 0 Å². The molecular weight excluding hydrogens is 236 g/mol. The standard InChI is InChI=1S/C13H12O5/c1-2-17-13(16)8-5-10-3-6-11(7-4-10)18-9-12(14)15/h3-4,6-7H,2,9H2,1H3,(H,14,15). The number of hydrogen-bond acceptors (Lipinski definition) is 4. The molecule has 1 N–H and O–H groups in total. The lowest BCUT2D eigenvalue weighted by Gasteiger charge is -2.01. The molecule has 1 aromatic carbocycles. The van der Waals surface area contributed by atoms with Crippen molar-refractivity contribution in [2.45, 2.75) is 6.92 Å². The molecule has 0 bridgehead atoms. The van der Waals surface area contributed by atoms with E-state index in [4.69, 9.17) is 9.84 Å². The molecule has 18 heavy (non-hydrogen) atoms. The van der Waals surface area contributed by atoms with Gasteiger partial charge in [0.15, 0.2) is 6.61 Å². The molecule has 0 aliphatic heterocycles. The number of hydrogen-bond donors (Lipinski definition) is 1. The first kappa shape index (κ1) is 13.6. The normalized spacial score (nSPS) is 8.94. The number of rotatable bonds is 4. The quantitative estimate of drug-likeness (QED) is 0.637. The average molecular weight is 248 g/mol. The van der Waals surface area contributed by atoms with Gasteiger partial charge in [-0.25, -0.2) is 9.59 Å². The topological polar surface area (TPSA) is 72.8 Å². The Morgan fingerprint density at radius 1 is 1.28 bits per heavy atom. The summed E-state index contributed by atoms with van der Waals surface area (Å²) in [6, 6.07) is 6.42. The maximum Gasteiger partial charge on any atom is 0.384 e. The first-order valence-electron chi connectivity index (χ1n) is 5.25. The second kappa shape index (κ2) is 6.97. The Bertz CT molecular complexity index is 478. The van der Waals surface area contributed by atoms with Gasteiger partial charge in [0.05, 0.1) is 6.61 Å². The molecule has 0 fully saturated rings. The van der Waals surface area contributed by atoms with Gasteiger partial charge >= 0.3 is 11.9 Å². The zero-order valence-electron chi connectivity index (χ0n) is 9.80. The van der Waals surface area contributed by atoms with Gasteiger partial charge in [0.1, 0.15) is 5.75 Å². The third-order valence-corrected chi connectivity index (χ3v) is 1.80. The van der Waals surface area contributed by atoms with Crippen LogP contribution in [0.1, 0.15) is 12.5 Å². The molecular formula is C13H12O5. The SMILES string of the molecule is CCOC(=O)C#Cc1ccc(OCC(=O)O)cc1. The second-order valence-corrected chi connectivity index (χ2v) is 3.18. The number of benzene rings is 1. The van der Waals surface area contributed by atoms with E-state index in [0.717, 1.165) is 0 Å². The van der Waals surface area contributed by atoms with Gasteiger partial charge in [-0.2, -0.15) is 0 Å². The highest BCUT2D eigenvalue weighted by Gasteiger charge is 1.99. The molecule has 1 aromatic rings. The molecule has 0 aromatic heterocycles. The predicted octanol–water partition coefficient (Wildman–Crippen LogP) is 1.06. The average Bonchev–Trinajstić information content (AvgIpc) is 2.35. The van der Waals surface area contributed by atoms with Gasteiger partial charge in [-0.1, -0.05) is 5.92 Å². The molecule has 0 saturated heterocycles. The molecule has 0 aliphatic carbocycles. The summed E-state index contributed by atoms with van der Waals surface area (Å²) in [5.41, 5.74) is 0.616. The van der Waals surface area contributed by atoms with Crippen LogP contribution in [0.25, 0.3) is 0 Å². The maximum atomic E-state index is 11.0. The molecule has 1 rings (SSSR count). The molecule has 0 amide bonds. The van der Waals surface area contributed by atoms with E-state index in [1.54, 1.807) is 31.2 Å². The van der Waals surface area contributed by atoms with Crippen LogP contribution in [0.15, 0.2) is 24.3 Å². The minimum atomic E-state index is -1.04. The van der Waals surface area contributed by atoms with Crippen LogP contribution in [0.3, 0.4) is 0 Å². The van der Waals surface area contributed by atoms with E-state index in [1.807, 2.05) is 0 Å². The van der Waals surface area contributed by atoms with Gasteiger partial charge in [-0.3, -0.25) is 0 Å². The Labute approximate surface area is 104 Å². The predicted molar refractivity (Wildman–Crippen MR) is 63.1 cm³/mol. The van der Waals surface area contributed by atoms with E-state index >= 15 is 0 Å². The first-order chi connectivity index (χ1) is 8.61. The van der Waals surface area contributed by atoms with Crippen LogP contribution in [0, 0.1) is 11.8 Å². The number of carboxylic acids is 1. The highest BCUT2D eigenvalue weighted by atomic mass is 16.5. The Morgan fingerprint density at radius 2 is 1.94 bits per heavy atom. The molecule has 0 spiro atoms. The number of carbonyl (C=O) groups excluding carboxylic acids is 1. The number of ether oxygens (including phenoxy) is 2. The van der Waals surface area contributed by atoms with Crippen LogP contribution in [-0.2, 0) is 14.3 Å². The van der Waals surface area contributed by atoms with Crippen molar-refractivity contribution in [3.63, 3.8) is 0 Å². The molecule has 94 valence electrons. The molecule has 5 heteroatoms. The maximum absolute atomic E-state index is 11.0. The zero-order valence-corrected chi connectivity index (χ0v) is 9.80. The van der Waals surface area contributed by atoms with E-state index in [2.05, 4.69) is 16.6 Å². The summed E-state index contributed by atoms with van der Waals surface area (Å²) in [5, 5.41) is 8.43. The van der Waals surface area contributed by atoms with Crippen molar-refractivity contribution in [1.29, 1.82) is 0 Å². The van der Waals surface area contributed by atoms with Crippen LogP contribution >= 0.6 is 0 Å². The summed E-state index contributed by atoms with van der Waals surface area (Å²) in [5.74, 6) is 3.76. The zero-order chi connectivity index (χ0) is 13.4. The molecule has 0 saturated carbocycles. The summed E-state index contributed by atoms with van der Waals surface area (Å²) in [7, 11) is 0. The van der Waals surface area contributed by atoms with E-state index in [9.17, 15) is 9.59 Å². The van der Waals surface area contributed by atoms with Crippen LogP contribution in [0.4, 0.5) is 0 Å². The Balaban J connectivity index is 2.60. The van der Waals surface area contributed by atoms with Crippen molar-refractivity contribution < 1.29 is 24.2 Å². The van der Waals surface area contributed by atoms with E-state index in [0.29, 0.717) is 11.3 Å². The molecule has 0 heterocycles. The highest BCUT2D eigenvalue weighted by Crippen LogP contribution is 2.11. The van der Waals surface area contributed by atoms with Crippen molar-refractivity contribution in [1.82, 2.24) is 0 Å². The van der Waals surface area contributed by atoms with Crippen molar-refractivity contribution in [3.8, 4) is 17.6 Å². The number of aliphatic carboxylic acids is 1. The Morgan fingerprint density at radius 3 is 2.50 bits per heavy atom. The summed E-state index contributed by atoms with van der Waals surface area (Å²) in [4.78, 5) is 21.3. The summed E-state index contributed by atoms with van der Waals surface area (Å²) >= 11 is 0. The van der Waals surface area contributed by atoms with Crippen LogP contribution in [0.5, 0.6) is 5.75 Å². The number of carbonyl (C=O) groups is 2. The highest BCUT2D eigenvalue weighted by molar-refractivity contribution is 5.89. The fraction of sp³-hybridized carbons (Fsp3) is 0.231. The van der Waals surface area contributed by atoms with Crippen LogP contribution in [-0.4, -0.2) is 30.3 Å². The van der Waals surface area contributed by atoms with Crippen LogP contribution in [0.2, 0.25) is 0 Å². The molecule has 0 unspecified atom stereocenters. The van der Waals surface area contributed by atoms with Crippen molar-refractivity contribution in [2.75, 3.05) is 13.2 Å². The lowest BCUT2D eigenvalue weighted by atomic mass is 10.2. The van der Waals surface area contributed by atoms with E-state index in [1.165, 1.54) is 0 Å². The van der Waals surface area contributed by atoms with Gasteiger partial charge < -0.3 is 14.6 Å². The monoisotopic (exact) mass is 248 g/mol. The molecule has 5 nitrogen and oxygen atoms in total. The van der Waals surface area contributed by atoms with Gasteiger partial charge in [0.25, 0.3) is 0 Å². The van der Waals surface area contributed by atoms with Gasteiger partial charge in [0, 0.05) is 11.5 Å². The van der Waals surface area contributed by atoms with Gasteiger partial charge in [0.2, 0.25) is 0 Å².